The van der Waals surface area contributed by atoms with E-state index in [1.54, 1.807) is 19.1 Å². The lowest BCUT2D eigenvalue weighted by atomic mass is 9.92. The number of carbonyl (C=O) groups is 2. The second-order valence-corrected chi connectivity index (χ2v) is 5.66. The molecule has 6 nitrogen and oxygen atoms in total. The molecule has 1 rings (SSSR count). The van der Waals surface area contributed by atoms with Gasteiger partial charge in [0, 0.05) is 5.92 Å². The SMILES string of the molecule is COC(=O)C(NC(=O)C(N)C(C)C)C(C)c1ccc(O)cc1.[Br-]. The number of hydrogen-bond acceptors (Lipinski definition) is 5. The first-order valence-electron chi connectivity index (χ1n) is 7.20. The zero-order valence-corrected chi connectivity index (χ0v) is 15.3. The van der Waals surface area contributed by atoms with Gasteiger partial charge in [0.1, 0.15) is 11.8 Å². The molecule has 0 aromatic heterocycles. The molecule has 0 saturated heterocycles. The van der Waals surface area contributed by atoms with Gasteiger partial charge in [0.05, 0.1) is 13.2 Å². The van der Waals surface area contributed by atoms with Crippen LogP contribution >= 0.6 is 0 Å². The molecule has 0 heterocycles. The number of nitrogens with one attached hydrogen (secondary N) is 1. The molecular weight excluding hydrogens is 364 g/mol. The maximum Gasteiger partial charge on any atom is 0.328 e. The molecule has 3 unspecified atom stereocenters. The van der Waals surface area contributed by atoms with Crippen LogP contribution in [0.25, 0.3) is 0 Å². The van der Waals surface area contributed by atoms with Crippen LogP contribution in [0.1, 0.15) is 32.3 Å². The molecule has 23 heavy (non-hydrogen) atoms. The summed E-state index contributed by atoms with van der Waals surface area (Å²) < 4.78 is 4.78. The first-order valence-corrected chi connectivity index (χ1v) is 7.20. The lowest BCUT2D eigenvalue weighted by Crippen LogP contribution is -3.00. The quantitative estimate of drug-likeness (QED) is 0.497. The highest BCUT2D eigenvalue weighted by Gasteiger charge is 2.31. The van der Waals surface area contributed by atoms with Crippen molar-refractivity contribution in [3.8, 4) is 5.75 Å². The molecule has 0 spiro atoms. The van der Waals surface area contributed by atoms with E-state index in [9.17, 15) is 14.7 Å². The molecule has 0 aliphatic carbocycles. The number of halogens is 1. The van der Waals surface area contributed by atoms with Crippen LogP contribution < -0.4 is 28.0 Å². The summed E-state index contributed by atoms with van der Waals surface area (Å²) >= 11 is 0. The molecule has 7 heteroatoms. The molecular formula is C16H24BrN2O4-. The molecule has 3 atom stereocenters. The van der Waals surface area contributed by atoms with Crippen LogP contribution in [0.2, 0.25) is 0 Å². The predicted octanol–water partition coefficient (Wildman–Crippen LogP) is -1.86. The Hall–Kier alpha value is -1.60. The highest BCUT2D eigenvalue weighted by atomic mass is 79.9. The Balaban J connectivity index is 0.00000484. The van der Waals surface area contributed by atoms with Gasteiger partial charge in [0.25, 0.3) is 0 Å². The Labute approximate surface area is 147 Å². The number of esters is 1. The summed E-state index contributed by atoms with van der Waals surface area (Å²) in [6.07, 6.45) is 0. The summed E-state index contributed by atoms with van der Waals surface area (Å²) in [6.45, 7) is 5.47. The number of benzene rings is 1. The average Bonchev–Trinajstić information content (AvgIpc) is 2.50. The van der Waals surface area contributed by atoms with Gasteiger partial charge in [-0.05, 0) is 23.6 Å². The summed E-state index contributed by atoms with van der Waals surface area (Å²) in [4.78, 5) is 24.1. The smallest absolute Gasteiger partial charge is 0.328 e. The minimum Gasteiger partial charge on any atom is -1.00 e. The highest BCUT2D eigenvalue weighted by molar-refractivity contribution is 5.88. The van der Waals surface area contributed by atoms with E-state index in [0.717, 1.165) is 5.56 Å². The molecule has 0 aliphatic heterocycles. The van der Waals surface area contributed by atoms with Crippen molar-refractivity contribution in [3.05, 3.63) is 29.8 Å². The third kappa shape index (κ3) is 5.84. The second-order valence-electron chi connectivity index (χ2n) is 5.66. The predicted molar refractivity (Wildman–Crippen MR) is 83.3 cm³/mol. The van der Waals surface area contributed by atoms with Crippen molar-refractivity contribution in [1.82, 2.24) is 5.32 Å². The molecule has 0 aliphatic rings. The molecule has 0 saturated carbocycles. The van der Waals surface area contributed by atoms with Crippen LogP contribution in [0.15, 0.2) is 24.3 Å². The van der Waals surface area contributed by atoms with Gasteiger partial charge in [-0.3, -0.25) is 4.79 Å². The first kappa shape index (κ1) is 21.4. The fraction of sp³-hybridized carbons (Fsp3) is 0.500. The molecule has 1 amide bonds. The van der Waals surface area contributed by atoms with Gasteiger partial charge >= 0.3 is 5.97 Å². The third-order valence-corrected chi connectivity index (χ3v) is 3.69. The standard InChI is InChI=1S/C16H24N2O4.BrH/c1-9(2)13(17)15(20)18-14(16(21)22-4)10(3)11-5-7-12(19)8-6-11;/h5-10,13-14,19H,17H2,1-4H3,(H,18,20);1H/p-1. The number of rotatable bonds is 6. The van der Waals surface area contributed by atoms with E-state index in [1.807, 2.05) is 13.8 Å². The maximum absolute atomic E-state index is 12.1. The topological polar surface area (TPSA) is 102 Å². The molecule has 1 aromatic carbocycles. The minimum atomic E-state index is -0.841. The van der Waals surface area contributed by atoms with Gasteiger partial charge in [-0.15, -0.1) is 0 Å². The second kappa shape index (κ2) is 9.52. The van der Waals surface area contributed by atoms with Crippen LogP contribution in [0, 0.1) is 5.92 Å². The summed E-state index contributed by atoms with van der Waals surface area (Å²) in [5.74, 6) is -1.16. The Morgan fingerprint density at radius 3 is 2.13 bits per heavy atom. The highest BCUT2D eigenvalue weighted by Crippen LogP contribution is 2.22. The van der Waals surface area contributed by atoms with Crippen molar-refractivity contribution in [3.63, 3.8) is 0 Å². The van der Waals surface area contributed by atoms with Gasteiger partial charge < -0.3 is 37.9 Å². The summed E-state index contributed by atoms with van der Waals surface area (Å²) in [7, 11) is 1.27. The number of phenols is 1. The fourth-order valence-electron chi connectivity index (χ4n) is 2.04. The molecule has 0 fully saturated rings. The minimum absolute atomic E-state index is 0. The van der Waals surface area contributed by atoms with Crippen LogP contribution in [0.5, 0.6) is 5.75 Å². The fourth-order valence-corrected chi connectivity index (χ4v) is 2.04. The van der Waals surface area contributed by atoms with Crippen LogP contribution in [0.4, 0.5) is 0 Å². The van der Waals surface area contributed by atoms with Crippen molar-refractivity contribution in [1.29, 1.82) is 0 Å². The summed E-state index contributed by atoms with van der Waals surface area (Å²) in [5.41, 5.74) is 6.61. The van der Waals surface area contributed by atoms with E-state index in [-0.39, 0.29) is 34.6 Å². The molecule has 130 valence electrons. The lowest BCUT2D eigenvalue weighted by Gasteiger charge is -2.25. The van der Waals surface area contributed by atoms with Crippen LogP contribution in [0.3, 0.4) is 0 Å². The Bertz CT molecular complexity index is 519. The number of nitrogens with two attached hydrogens (primary N) is 1. The number of hydrogen-bond donors (Lipinski definition) is 3. The van der Waals surface area contributed by atoms with Crippen molar-refractivity contribution in [2.24, 2.45) is 11.7 Å². The van der Waals surface area contributed by atoms with Crippen molar-refractivity contribution in [2.75, 3.05) is 7.11 Å². The van der Waals surface area contributed by atoms with Crippen LogP contribution in [-0.4, -0.2) is 36.2 Å². The number of aromatic hydroxyl groups is 1. The van der Waals surface area contributed by atoms with Crippen molar-refractivity contribution >= 4 is 11.9 Å². The number of methoxy groups -OCH3 is 1. The Kier molecular flexibility index (Phi) is 8.86. The van der Waals surface area contributed by atoms with Gasteiger partial charge in [0.2, 0.25) is 5.91 Å². The van der Waals surface area contributed by atoms with E-state index < -0.39 is 24.0 Å². The Morgan fingerprint density at radius 2 is 1.70 bits per heavy atom. The molecule has 4 N–H and O–H groups in total. The monoisotopic (exact) mass is 387 g/mol. The molecule has 0 bridgehead atoms. The normalized spacial score (nSPS) is 14.3. The maximum atomic E-state index is 12.1. The van der Waals surface area contributed by atoms with Crippen molar-refractivity contribution in [2.45, 2.75) is 38.8 Å². The summed E-state index contributed by atoms with van der Waals surface area (Å²) in [5, 5.41) is 12.0. The average molecular weight is 388 g/mol. The molecule has 1 aromatic rings. The molecule has 0 radical (unpaired) electrons. The third-order valence-electron chi connectivity index (χ3n) is 3.69. The number of amides is 1. The van der Waals surface area contributed by atoms with E-state index >= 15 is 0 Å². The van der Waals surface area contributed by atoms with E-state index in [1.165, 1.54) is 19.2 Å². The van der Waals surface area contributed by atoms with E-state index in [4.69, 9.17) is 10.5 Å². The van der Waals surface area contributed by atoms with Gasteiger partial charge in [-0.1, -0.05) is 32.9 Å². The largest absolute Gasteiger partial charge is 1.00 e. The van der Waals surface area contributed by atoms with E-state index in [2.05, 4.69) is 5.32 Å². The van der Waals surface area contributed by atoms with Gasteiger partial charge in [-0.25, -0.2) is 4.79 Å². The van der Waals surface area contributed by atoms with Gasteiger partial charge in [-0.2, -0.15) is 0 Å². The number of phenolic OH excluding ortho intramolecular Hbond substituents is 1. The first-order chi connectivity index (χ1) is 10.3. The van der Waals surface area contributed by atoms with Gasteiger partial charge in [0.15, 0.2) is 0 Å². The Morgan fingerprint density at radius 1 is 1.17 bits per heavy atom. The number of ether oxygens (including phenoxy) is 1. The zero-order chi connectivity index (χ0) is 16.9. The zero-order valence-electron chi connectivity index (χ0n) is 13.7. The number of carbonyl (C=O) groups excluding carboxylic acids is 2. The van der Waals surface area contributed by atoms with Crippen LogP contribution in [-0.2, 0) is 14.3 Å². The van der Waals surface area contributed by atoms with Crippen molar-refractivity contribution < 1.29 is 36.4 Å². The summed E-state index contributed by atoms with van der Waals surface area (Å²) in [6, 6.07) is 4.92. The van der Waals surface area contributed by atoms with E-state index in [0.29, 0.717) is 0 Å². The lowest BCUT2D eigenvalue weighted by molar-refractivity contribution is -0.146.